The van der Waals surface area contributed by atoms with Crippen LogP contribution in [0.5, 0.6) is 0 Å². The molecule has 32 heavy (non-hydrogen) atoms. The second-order valence-corrected chi connectivity index (χ2v) is 8.15. The van der Waals surface area contributed by atoms with Gasteiger partial charge in [-0.3, -0.25) is 9.78 Å². The third kappa shape index (κ3) is 4.37. The van der Waals surface area contributed by atoms with Crippen molar-refractivity contribution in [1.29, 1.82) is 0 Å². The van der Waals surface area contributed by atoms with Crippen LogP contribution >= 0.6 is 0 Å². The van der Waals surface area contributed by atoms with E-state index in [-0.39, 0.29) is 35.1 Å². The van der Waals surface area contributed by atoms with Crippen LogP contribution in [0.4, 0.5) is 14.5 Å². The number of ketones is 1. The Bertz CT molecular complexity index is 1110. The number of aliphatic hydroxyl groups is 1. The topological polar surface area (TPSA) is 92.3 Å². The number of nitrogens with two attached hydrogens (primary N) is 1. The first-order chi connectivity index (χ1) is 15.3. The van der Waals surface area contributed by atoms with Crippen molar-refractivity contribution in [2.45, 2.75) is 25.5 Å². The lowest BCUT2D eigenvalue weighted by atomic mass is 9.92. The van der Waals surface area contributed by atoms with Crippen molar-refractivity contribution in [3.05, 3.63) is 77.8 Å². The van der Waals surface area contributed by atoms with Gasteiger partial charge in [0.05, 0.1) is 17.4 Å². The Morgan fingerprint density at radius 2 is 1.88 bits per heavy atom. The molecule has 2 aromatic heterocycles. The SMILES string of the molecule is C[C@H]1CN(c2ccncc2CC(=O)c2cccc(-c3c(F)cccc3F)n2)C[C@@H](N)[C@@H]1O. The predicted molar refractivity (Wildman–Crippen MR) is 117 cm³/mol. The highest BCUT2D eigenvalue weighted by Gasteiger charge is 2.32. The van der Waals surface area contributed by atoms with E-state index in [2.05, 4.69) is 9.97 Å². The number of aliphatic hydroxyl groups excluding tert-OH is 1. The number of rotatable bonds is 5. The molecule has 3 aromatic rings. The Kier molecular flexibility index (Phi) is 6.25. The van der Waals surface area contributed by atoms with Crippen molar-refractivity contribution < 1.29 is 18.7 Å². The van der Waals surface area contributed by atoms with E-state index in [9.17, 15) is 18.7 Å². The van der Waals surface area contributed by atoms with Crippen LogP contribution in [0.25, 0.3) is 11.3 Å². The molecule has 0 bridgehead atoms. The quantitative estimate of drug-likeness (QED) is 0.595. The van der Waals surface area contributed by atoms with E-state index in [1.54, 1.807) is 18.5 Å². The highest BCUT2D eigenvalue weighted by molar-refractivity contribution is 5.97. The van der Waals surface area contributed by atoms with Crippen molar-refractivity contribution in [2.24, 2.45) is 11.7 Å². The first-order valence-corrected chi connectivity index (χ1v) is 10.4. The minimum atomic E-state index is -0.741. The molecule has 8 heteroatoms. The minimum absolute atomic E-state index is 0.0159. The van der Waals surface area contributed by atoms with E-state index in [0.717, 1.165) is 17.8 Å². The van der Waals surface area contributed by atoms with Gasteiger partial charge >= 0.3 is 0 Å². The first-order valence-electron chi connectivity index (χ1n) is 10.4. The Morgan fingerprint density at radius 3 is 2.59 bits per heavy atom. The summed E-state index contributed by atoms with van der Waals surface area (Å²) >= 11 is 0. The number of Topliss-reactive ketones (excluding diaryl/α,β-unsaturated/α-hetero) is 1. The fourth-order valence-corrected chi connectivity index (χ4v) is 4.11. The van der Waals surface area contributed by atoms with Crippen LogP contribution in [0.2, 0.25) is 0 Å². The number of aromatic nitrogens is 2. The highest BCUT2D eigenvalue weighted by Crippen LogP contribution is 2.28. The maximum atomic E-state index is 14.2. The smallest absolute Gasteiger partial charge is 0.185 e. The fraction of sp³-hybridized carbons (Fsp3) is 0.292. The molecule has 1 aromatic carbocycles. The Balaban J connectivity index is 1.60. The van der Waals surface area contributed by atoms with Crippen molar-refractivity contribution >= 4 is 11.5 Å². The number of nitrogens with zero attached hydrogens (tertiary/aromatic N) is 3. The monoisotopic (exact) mass is 438 g/mol. The lowest BCUT2D eigenvalue weighted by Gasteiger charge is -2.40. The number of carbonyl (C=O) groups excluding carboxylic acids is 1. The van der Waals surface area contributed by atoms with E-state index in [4.69, 9.17) is 5.73 Å². The second-order valence-electron chi connectivity index (χ2n) is 8.15. The highest BCUT2D eigenvalue weighted by atomic mass is 19.1. The van der Waals surface area contributed by atoms with Gasteiger partial charge in [-0.05, 0) is 30.3 Å². The fourth-order valence-electron chi connectivity index (χ4n) is 4.11. The Morgan fingerprint density at radius 1 is 1.16 bits per heavy atom. The zero-order valence-electron chi connectivity index (χ0n) is 17.6. The summed E-state index contributed by atoms with van der Waals surface area (Å²) in [6.45, 7) is 2.98. The maximum absolute atomic E-state index is 14.2. The number of carbonyl (C=O) groups is 1. The summed E-state index contributed by atoms with van der Waals surface area (Å²) < 4.78 is 28.3. The predicted octanol–water partition coefficient (Wildman–Crippen LogP) is 2.99. The molecule has 0 saturated carbocycles. The number of hydrogen-bond acceptors (Lipinski definition) is 6. The first kappa shape index (κ1) is 22.0. The molecule has 1 aliphatic rings. The maximum Gasteiger partial charge on any atom is 0.185 e. The third-order valence-electron chi connectivity index (χ3n) is 5.78. The Labute approximate surface area is 184 Å². The van der Waals surface area contributed by atoms with Crippen LogP contribution in [0, 0.1) is 17.6 Å². The third-order valence-corrected chi connectivity index (χ3v) is 5.78. The summed E-state index contributed by atoms with van der Waals surface area (Å²) in [6, 6.07) is 9.54. The summed E-state index contributed by atoms with van der Waals surface area (Å²) in [5.74, 6) is -1.81. The van der Waals surface area contributed by atoms with Gasteiger partial charge in [0.25, 0.3) is 0 Å². The molecule has 0 aliphatic carbocycles. The van der Waals surface area contributed by atoms with E-state index in [1.807, 2.05) is 17.9 Å². The summed E-state index contributed by atoms with van der Waals surface area (Å²) in [7, 11) is 0. The number of anilines is 1. The number of halogens is 2. The molecule has 3 heterocycles. The van der Waals surface area contributed by atoms with Gasteiger partial charge in [0.1, 0.15) is 17.3 Å². The lowest BCUT2D eigenvalue weighted by Crippen LogP contribution is -2.55. The standard InChI is InChI=1S/C24H24F2N4O2/c1-14-12-30(13-18(27)24(14)32)21-8-9-28-11-15(21)10-22(31)19-6-3-7-20(29-19)23-16(25)4-2-5-17(23)26/h2-9,11,14,18,24,32H,10,12-13,27H2,1H3/t14-,18+,24+/m0/s1. The summed E-state index contributed by atoms with van der Waals surface area (Å²) in [4.78, 5) is 23.4. The van der Waals surface area contributed by atoms with Gasteiger partial charge in [0, 0.05) is 55.1 Å². The average Bonchev–Trinajstić information content (AvgIpc) is 2.77. The molecule has 1 aliphatic heterocycles. The molecule has 166 valence electrons. The summed E-state index contributed by atoms with van der Waals surface area (Å²) in [5, 5.41) is 10.2. The molecular formula is C24H24F2N4O2. The van der Waals surface area contributed by atoms with Crippen molar-refractivity contribution in [1.82, 2.24) is 9.97 Å². The molecule has 0 radical (unpaired) electrons. The second kappa shape index (κ2) is 9.10. The average molecular weight is 438 g/mol. The number of pyridine rings is 2. The molecule has 3 N–H and O–H groups in total. The van der Waals surface area contributed by atoms with Crippen molar-refractivity contribution in [3.63, 3.8) is 0 Å². The summed E-state index contributed by atoms with van der Waals surface area (Å²) in [6.07, 6.45) is 2.70. The molecule has 0 unspecified atom stereocenters. The van der Waals surface area contributed by atoms with Crippen molar-refractivity contribution in [2.75, 3.05) is 18.0 Å². The van der Waals surface area contributed by atoms with Gasteiger partial charge in [-0.2, -0.15) is 0 Å². The van der Waals surface area contributed by atoms with Crippen LogP contribution in [0.15, 0.2) is 54.9 Å². The lowest BCUT2D eigenvalue weighted by molar-refractivity contribution is 0.0784. The van der Waals surface area contributed by atoms with E-state index in [1.165, 1.54) is 18.2 Å². The van der Waals surface area contributed by atoms with Crippen LogP contribution in [-0.4, -0.2) is 46.1 Å². The Hall–Kier alpha value is -3.23. The summed E-state index contributed by atoms with van der Waals surface area (Å²) in [5.41, 5.74) is 7.50. The molecule has 6 nitrogen and oxygen atoms in total. The molecule has 3 atom stereocenters. The van der Waals surface area contributed by atoms with Gasteiger partial charge in [-0.15, -0.1) is 0 Å². The number of benzene rings is 1. The number of piperidine rings is 1. The van der Waals surface area contributed by atoms with Gasteiger partial charge in [0.2, 0.25) is 0 Å². The number of hydrogen-bond donors (Lipinski definition) is 2. The largest absolute Gasteiger partial charge is 0.391 e. The van der Waals surface area contributed by atoms with Crippen molar-refractivity contribution in [3.8, 4) is 11.3 Å². The molecule has 1 fully saturated rings. The van der Waals surface area contributed by atoms with Gasteiger partial charge in [-0.1, -0.05) is 19.1 Å². The molecule has 4 rings (SSSR count). The zero-order chi connectivity index (χ0) is 22.8. The van der Waals surface area contributed by atoms with E-state index >= 15 is 0 Å². The van der Waals surface area contributed by atoms with Gasteiger partial charge in [0.15, 0.2) is 5.78 Å². The van der Waals surface area contributed by atoms with E-state index in [0.29, 0.717) is 18.7 Å². The molecule has 1 saturated heterocycles. The van der Waals surface area contributed by atoms with Gasteiger partial charge in [-0.25, -0.2) is 13.8 Å². The minimum Gasteiger partial charge on any atom is -0.391 e. The van der Waals surface area contributed by atoms with Crippen LogP contribution in [0.3, 0.4) is 0 Å². The molecule has 0 spiro atoms. The van der Waals surface area contributed by atoms with E-state index < -0.39 is 23.8 Å². The van der Waals surface area contributed by atoms with Crippen LogP contribution in [0.1, 0.15) is 23.0 Å². The molecular weight excluding hydrogens is 414 g/mol. The normalized spacial score (nSPS) is 20.9. The van der Waals surface area contributed by atoms with Crippen LogP contribution in [-0.2, 0) is 6.42 Å². The zero-order valence-corrected chi connectivity index (χ0v) is 17.6. The molecule has 0 amide bonds. The van der Waals surface area contributed by atoms with Gasteiger partial charge < -0.3 is 15.7 Å². The van der Waals surface area contributed by atoms with Crippen LogP contribution < -0.4 is 10.6 Å².